The van der Waals surface area contributed by atoms with Crippen LogP contribution < -0.4 is 4.74 Å². The van der Waals surface area contributed by atoms with Crippen molar-refractivity contribution in [1.29, 1.82) is 0 Å². The van der Waals surface area contributed by atoms with Gasteiger partial charge in [0.25, 0.3) is 0 Å². The van der Waals surface area contributed by atoms with E-state index in [9.17, 15) is 9.18 Å². The van der Waals surface area contributed by atoms with Crippen LogP contribution in [0.25, 0.3) is 10.9 Å². The van der Waals surface area contributed by atoms with Crippen LogP contribution >= 0.6 is 11.6 Å². The predicted molar refractivity (Wildman–Crippen MR) is 109 cm³/mol. The third kappa shape index (κ3) is 3.64. The quantitative estimate of drug-likeness (QED) is 0.391. The lowest BCUT2D eigenvalue weighted by Gasteiger charge is -2.08. The number of ketones is 1. The Kier molecular flexibility index (Phi) is 5.13. The van der Waals surface area contributed by atoms with Gasteiger partial charge in [-0.2, -0.15) is 0 Å². The zero-order valence-electron chi connectivity index (χ0n) is 14.9. The van der Waals surface area contributed by atoms with Gasteiger partial charge < -0.3 is 9.30 Å². The minimum Gasteiger partial charge on any atom is -0.485 e. The van der Waals surface area contributed by atoms with E-state index in [0.29, 0.717) is 21.9 Å². The van der Waals surface area contributed by atoms with Gasteiger partial charge in [0, 0.05) is 33.2 Å². The Labute approximate surface area is 166 Å². The lowest BCUT2D eigenvalue weighted by Crippen LogP contribution is -2.11. The third-order valence-corrected chi connectivity index (χ3v) is 4.95. The molecule has 0 aliphatic heterocycles. The summed E-state index contributed by atoms with van der Waals surface area (Å²) in [5.74, 6) is 0.127. The molecule has 1 aromatic heterocycles. The molecule has 0 radical (unpaired) electrons. The maximum Gasteiger partial charge on any atom is 0.202 e. The van der Waals surface area contributed by atoms with Crippen LogP contribution in [0.4, 0.5) is 4.39 Å². The molecule has 28 heavy (non-hydrogen) atoms. The van der Waals surface area contributed by atoms with Crippen molar-refractivity contribution >= 4 is 28.3 Å². The van der Waals surface area contributed by atoms with Gasteiger partial charge in [-0.15, -0.1) is 0 Å². The van der Waals surface area contributed by atoms with Crippen molar-refractivity contribution in [2.75, 3.05) is 6.61 Å². The number of carbonyl (C=O) groups excluding carboxylic acids is 1. The first kappa shape index (κ1) is 18.3. The molecule has 140 valence electrons. The molecule has 0 unspecified atom stereocenters. The minimum absolute atomic E-state index is 0.0710. The van der Waals surface area contributed by atoms with E-state index in [2.05, 4.69) is 0 Å². The van der Waals surface area contributed by atoms with E-state index in [-0.39, 0.29) is 24.8 Å². The normalized spacial score (nSPS) is 10.9. The number of benzene rings is 3. The molecule has 3 aromatic carbocycles. The van der Waals surface area contributed by atoms with Gasteiger partial charge in [-0.25, -0.2) is 4.39 Å². The van der Waals surface area contributed by atoms with Crippen LogP contribution in [0.3, 0.4) is 0 Å². The Morgan fingerprint density at radius 3 is 2.50 bits per heavy atom. The maximum atomic E-state index is 14.2. The lowest BCUT2D eigenvalue weighted by molar-refractivity contribution is 0.0923. The van der Waals surface area contributed by atoms with Crippen LogP contribution in [0.5, 0.6) is 5.75 Å². The van der Waals surface area contributed by atoms with Crippen LogP contribution in [0.15, 0.2) is 79.0 Å². The summed E-state index contributed by atoms with van der Waals surface area (Å²) in [5, 5.41) is 1.16. The molecule has 0 aliphatic carbocycles. The van der Waals surface area contributed by atoms with E-state index < -0.39 is 0 Å². The largest absolute Gasteiger partial charge is 0.485 e. The van der Waals surface area contributed by atoms with E-state index in [0.717, 1.165) is 10.9 Å². The van der Waals surface area contributed by atoms with Gasteiger partial charge in [0.2, 0.25) is 5.78 Å². The molecular formula is C23H17ClFNO2. The first-order chi connectivity index (χ1) is 13.6. The summed E-state index contributed by atoms with van der Waals surface area (Å²) in [7, 11) is 0. The van der Waals surface area contributed by atoms with Crippen molar-refractivity contribution in [1.82, 2.24) is 4.57 Å². The summed E-state index contributed by atoms with van der Waals surface area (Å²) in [6, 6.07) is 21.3. The highest BCUT2D eigenvalue weighted by atomic mass is 35.5. The fraction of sp³-hybridized carbons (Fsp3) is 0.0870. The number of halogens is 2. The summed E-state index contributed by atoms with van der Waals surface area (Å²) in [5.41, 5.74) is 1.77. The Hall–Kier alpha value is -3.11. The summed E-state index contributed by atoms with van der Waals surface area (Å²) in [6.45, 7) is 0.164. The number of fused-ring (bicyclic) bond motifs is 1. The smallest absolute Gasteiger partial charge is 0.202 e. The molecule has 0 atom stereocenters. The first-order valence-corrected chi connectivity index (χ1v) is 9.23. The Balaban J connectivity index is 1.65. The van der Waals surface area contributed by atoms with Crippen molar-refractivity contribution in [3.63, 3.8) is 0 Å². The van der Waals surface area contributed by atoms with E-state index in [1.54, 1.807) is 30.5 Å². The zero-order valence-corrected chi connectivity index (χ0v) is 15.7. The van der Waals surface area contributed by atoms with E-state index in [4.69, 9.17) is 16.3 Å². The monoisotopic (exact) mass is 393 g/mol. The topological polar surface area (TPSA) is 31.2 Å². The van der Waals surface area contributed by atoms with E-state index in [1.165, 1.54) is 6.07 Å². The van der Waals surface area contributed by atoms with Gasteiger partial charge in [-0.05, 0) is 30.3 Å². The summed E-state index contributed by atoms with van der Waals surface area (Å²) in [6.07, 6.45) is 1.74. The number of ether oxygens (including phenoxy) is 1. The fourth-order valence-corrected chi connectivity index (χ4v) is 3.42. The van der Waals surface area contributed by atoms with Gasteiger partial charge in [-0.3, -0.25) is 4.79 Å². The van der Waals surface area contributed by atoms with Gasteiger partial charge in [0.05, 0.1) is 6.54 Å². The Bertz CT molecular complexity index is 1120. The number of carbonyl (C=O) groups is 1. The SMILES string of the molecule is O=C(COc1ccccc1)c1cn(Cc2c(F)cccc2Cl)c2ccccc12. The molecule has 0 N–H and O–H groups in total. The molecule has 4 rings (SSSR count). The van der Waals surface area contributed by atoms with Crippen LogP contribution in [0.2, 0.25) is 5.02 Å². The molecule has 0 spiro atoms. The molecule has 0 saturated carbocycles. The number of para-hydroxylation sites is 2. The second kappa shape index (κ2) is 7.87. The van der Waals surface area contributed by atoms with Crippen LogP contribution in [-0.4, -0.2) is 17.0 Å². The maximum absolute atomic E-state index is 14.2. The zero-order chi connectivity index (χ0) is 19.5. The summed E-state index contributed by atoms with van der Waals surface area (Å²) >= 11 is 6.18. The highest BCUT2D eigenvalue weighted by Crippen LogP contribution is 2.26. The standard InChI is InChI=1S/C23H17ClFNO2/c24-20-10-6-11-21(25)19(20)14-26-13-18(17-9-4-5-12-22(17)26)23(27)15-28-16-7-2-1-3-8-16/h1-13H,14-15H2. The average Bonchev–Trinajstić information content (AvgIpc) is 3.09. The number of nitrogens with zero attached hydrogens (tertiary/aromatic N) is 1. The highest BCUT2D eigenvalue weighted by Gasteiger charge is 2.17. The second-order valence-electron chi connectivity index (χ2n) is 6.41. The highest BCUT2D eigenvalue weighted by molar-refractivity contribution is 6.31. The molecule has 0 amide bonds. The fourth-order valence-electron chi connectivity index (χ4n) is 3.20. The number of Topliss-reactive ketones (excluding diaryl/α,β-unsaturated/α-hetero) is 1. The molecule has 0 aliphatic rings. The molecule has 0 bridgehead atoms. The minimum atomic E-state index is -0.370. The Morgan fingerprint density at radius 1 is 0.964 bits per heavy atom. The van der Waals surface area contributed by atoms with Crippen molar-refractivity contribution < 1.29 is 13.9 Å². The third-order valence-electron chi connectivity index (χ3n) is 4.59. The molecule has 1 heterocycles. The van der Waals surface area contributed by atoms with Crippen molar-refractivity contribution in [2.24, 2.45) is 0 Å². The first-order valence-electron chi connectivity index (χ1n) is 8.85. The molecule has 0 fully saturated rings. The van der Waals surface area contributed by atoms with E-state index >= 15 is 0 Å². The van der Waals surface area contributed by atoms with Crippen molar-refractivity contribution in [3.05, 3.63) is 101 Å². The summed E-state index contributed by atoms with van der Waals surface area (Å²) < 4.78 is 21.7. The lowest BCUT2D eigenvalue weighted by atomic mass is 10.1. The summed E-state index contributed by atoms with van der Waals surface area (Å²) in [4.78, 5) is 12.8. The van der Waals surface area contributed by atoms with Gasteiger partial charge in [-0.1, -0.05) is 54.1 Å². The average molecular weight is 394 g/mol. The second-order valence-corrected chi connectivity index (χ2v) is 6.82. The van der Waals surface area contributed by atoms with Crippen LogP contribution in [0, 0.1) is 5.82 Å². The number of hydrogen-bond donors (Lipinski definition) is 0. The molecular weight excluding hydrogens is 377 g/mol. The molecule has 0 saturated heterocycles. The van der Waals surface area contributed by atoms with Gasteiger partial charge in [0.15, 0.2) is 6.61 Å². The van der Waals surface area contributed by atoms with E-state index in [1.807, 2.05) is 47.0 Å². The van der Waals surface area contributed by atoms with Crippen LogP contribution in [-0.2, 0) is 6.54 Å². The predicted octanol–water partition coefficient (Wildman–Crippen LogP) is 5.74. The molecule has 3 nitrogen and oxygen atoms in total. The Morgan fingerprint density at radius 2 is 1.71 bits per heavy atom. The van der Waals surface area contributed by atoms with Gasteiger partial charge in [0.1, 0.15) is 11.6 Å². The molecule has 5 heteroatoms. The van der Waals surface area contributed by atoms with Crippen LogP contribution in [0.1, 0.15) is 15.9 Å². The van der Waals surface area contributed by atoms with Crippen molar-refractivity contribution in [3.8, 4) is 5.75 Å². The number of hydrogen-bond acceptors (Lipinski definition) is 2. The number of aromatic nitrogens is 1. The van der Waals surface area contributed by atoms with Gasteiger partial charge >= 0.3 is 0 Å². The van der Waals surface area contributed by atoms with Crippen molar-refractivity contribution in [2.45, 2.75) is 6.54 Å². The number of rotatable bonds is 6. The molecule has 4 aromatic rings.